The fourth-order valence-corrected chi connectivity index (χ4v) is 9.77. The zero-order valence-electron chi connectivity index (χ0n) is 27.8. The maximum atomic E-state index is 5.35. The first-order valence-corrected chi connectivity index (χ1v) is 18.5. The van der Waals surface area contributed by atoms with Crippen molar-refractivity contribution in [2.75, 3.05) is 0 Å². The molecular formula is C48H27N3S. The maximum absolute atomic E-state index is 5.35. The van der Waals surface area contributed by atoms with Gasteiger partial charge in [0.2, 0.25) is 0 Å². The van der Waals surface area contributed by atoms with Gasteiger partial charge in [0.15, 0.2) is 5.82 Å². The molecule has 9 aromatic carbocycles. The molecule has 0 aliphatic heterocycles. The molecule has 0 spiro atoms. The smallest absolute Gasteiger partial charge is 0.160 e. The van der Waals surface area contributed by atoms with Crippen molar-refractivity contribution in [1.29, 1.82) is 0 Å². The summed E-state index contributed by atoms with van der Waals surface area (Å²) in [6.07, 6.45) is 0. The summed E-state index contributed by atoms with van der Waals surface area (Å²) in [6, 6.07) is 59.3. The Bertz CT molecular complexity index is 3420. The molecule has 0 radical (unpaired) electrons. The third-order valence-electron chi connectivity index (χ3n) is 10.9. The van der Waals surface area contributed by atoms with E-state index in [0.717, 1.165) is 39.2 Å². The molecular weight excluding hydrogens is 651 g/mol. The first kappa shape index (κ1) is 28.1. The van der Waals surface area contributed by atoms with Gasteiger partial charge >= 0.3 is 0 Å². The van der Waals surface area contributed by atoms with Gasteiger partial charge in [-0.25, -0.2) is 9.97 Å². The quantitative estimate of drug-likeness (QED) is 0.174. The molecule has 3 nitrogen and oxygen atoms in total. The highest BCUT2D eigenvalue weighted by atomic mass is 32.1. The van der Waals surface area contributed by atoms with Crippen LogP contribution in [-0.4, -0.2) is 14.5 Å². The molecule has 0 aliphatic carbocycles. The van der Waals surface area contributed by atoms with Crippen molar-refractivity contribution < 1.29 is 0 Å². The average molecular weight is 678 g/mol. The van der Waals surface area contributed by atoms with Crippen LogP contribution < -0.4 is 0 Å². The largest absolute Gasteiger partial charge is 0.309 e. The molecule has 12 aromatic rings. The number of para-hydroxylation sites is 1. The van der Waals surface area contributed by atoms with Crippen molar-refractivity contribution in [2.24, 2.45) is 0 Å². The highest BCUT2D eigenvalue weighted by molar-refractivity contribution is 7.25. The van der Waals surface area contributed by atoms with Crippen molar-refractivity contribution in [1.82, 2.24) is 14.5 Å². The van der Waals surface area contributed by atoms with Crippen LogP contribution in [0.25, 0.3) is 114 Å². The number of rotatable bonds is 3. The van der Waals surface area contributed by atoms with E-state index in [4.69, 9.17) is 9.97 Å². The summed E-state index contributed by atoms with van der Waals surface area (Å²) >= 11 is 1.84. The Labute approximate surface area is 302 Å². The molecule has 0 bridgehead atoms. The lowest BCUT2D eigenvalue weighted by Gasteiger charge is -2.13. The van der Waals surface area contributed by atoms with Gasteiger partial charge in [-0.15, -0.1) is 11.3 Å². The molecule has 0 saturated heterocycles. The molecule has 0 saturated carbocycles. The van der Waals surface area contributed by atoms with Crippen molar-refractivity contribution in [2.45, 2.75) is 0 Å². The molecule has 52 heavy (non-hydrogen) atoms. The number of hydrogen-bond donors (Lipinski definition) is 0. The summed E-state index contributed by atoms with van der Waals surface area (Å²) < 4.78 is 5.03. The molecule has 0 fully saturated rings. The van der Waals surface area contributed by atoms with Crippen LogP contribution in [0.1, 0.15) is 0 Å². The van der Waals surface area contributed by atoms with Crippen LogP contribution in [0, 0.1) is 0 Å². The van der Waals surface area contributed by atoms with E-state index in [1.807, 2.05) is 11.3 Å². The van der Waals surface area contributed by atoms with Gasteiger partial charge in [-0.2, -0.15) is 0 Å². The zero-order valence-corrected chi connectivity index (χ0v) is 28.7. The molecule has 4 heteroatoms. The summed E-state index contributed by atoms with van der Waals surface area (Å²) in [5, 5.41) is 13.9. The van der Waals surface area contributed by atoms with Crippen molar-refractivity contribution >= 4 is 96.5 Å². The molecule has 0 N–H and O–H groups in total. The Hall–Kier alpha value is -6.62. The van der Waals surface area contributed by atoms with Crippen LogP contribution in [0.3, 0.4) is 0 Å². The van der Waals surface area contributed by atoms with Crippen molar-refractivity contribution in [3.05, 3.63) is 164 Å². The highest BCUT2D eigenvalue weighted by Crippen LogP contribution is 2.46. The molecule has 12 rings (SSSR count). The van der Waals surface area contributed by atoms with Crippen molar-refractivity contribution in [3.8, 4) is 28.3 Å². The van der Waals surface area contributed by atoms with E-state index in [1.165, 1.54) is 74.3 Å². The van der Waals surface area contributed by atoms with E-state index in [-0.39, 0.29) is 0 Å². The Morgan fingerprint density at radius 2 is 1.12 bits per heavy atom. The minimum atomic E-state index is 0.718. The molecule has 0 unspecified atom stereocenters. The lowest BCUT2D eigenvalue weighted by Crippen LogP contribution is -1.98. The second kappa shape index (κ2) is 10.5. The third-order valence-corrected chi connectivity index (χ3v) is 12.1. The van der Waals surface area contributed by atoms with Gasteiger partial charge in [0.05, 0.1) is 22.2 Å². The minimum Gasteiger partial charge on any atom is -0.309 e. The lowest BCUT2D eigenvalue weighted by molar-refractivity contribution is 1.17. The molecule has 0 atom stereocenters. The van der Waals surface area contributed by atoms with Gasteiger partial charge in [-0.05, 0) is 75.5 Å². The second-order valence-corrected chi connectivity index (χ2v) is 14.8. The van der Waals surface area contributed by atoms with E-state index < -0.39 is 0 Å². The van der Waals surface area contributed by atoms with Crippen LogP contribution in [0.5, 0.6) is 0 Å². The SMILES string of the molecule is c1cc(-c2nc(-c3ccc4sc5ccccc5c4c3)c3ccccc3n2)cc(-n2c3cccc4c5ccccc5c5c6ccccc6cc2c5c43)c1. The Balaban J connectivity index is 1.11. The molecule has 3 aromatic heterocycles. The monoisotopic (exact) mass is 677 g/mol. The van der Waals surface area contributed by atoms with Gasteiger partial charge in [0, 0.05) is 58.5 Å². The van der Waals surface area contributed by atoms with E-state index in [0.29, 0.717) is 0 Å². The second-order valence-electron chi connectivity index (χ2n) is 13.7. The van der Waals surface area contributed by atoms with Gasteiger partial charge in [0.1, 0.15) is 0 Å². The van der Waals surface area contributed by atoms with Crippen LogP contribution in [-0.2, 0) is 0 Å². The number of nitrogens with zero attached hydrogens (tertiary/aromatic N) is 3. The van der Waals surface area contributed by atoms with E-state index in [2.05, 4.69) is 168 Å². The summed E-state index contributed by atoms with van der Waals surface area (Å²) in [6.45, 7) is 0. The van der Waals surface area contributed by atoms with Gasteiger partial charge in [-0.3, -0.25) is 0 Å². The van der Waals surface area contributed by atoms with Crippen LogP contribution in [0.2, 0.25) is 0 Å². The molecule has 0 amide bonds. The first-order chi connectivity index (χ1) is 25.8. The Morgan fingerprint density at radius 1 is 0.404 bits per heavy atom. The Morgan fingerprint density at radius 3 is 2.04 bits per heavy atom. The number of hydrogen-bond acceptors (Lipinski definition) is 3. The van der Waals surface area contributed by atoms with Crippen LogP contribution >= 0.6 is 11.3 Å². The normalized spacial score (nSPS) is 12.2. The van der Waals surface area contributed by atoms with E-state index in [1.54, 1.807) is 0 Å². The van der Waals surface area contributed by atoms with Crippen LogP contribution in [0.15, 0.2) is 164 Å². The zero-order chi connectivity index (χ0) is 33.9. The first-order valence-electron chi connectivity index (χ1n) is 17.7. The maximum Gasteiger partial charge on any atom is 0.160 e. The van der Waals surface area contributed by atoms with Crippen LogP contribution in [0.4, 0.5) is 0 Å². The number of aromatic nitrogens is 3. The van der Waals surface area contributed by atoms with Crippen molar-refractivity contribution in [3.63, 3.8) is 0 Å². The predicted molar refractivity (Wildman–Crippen MR) is 221 cm³/mol. The number of thiophene rings is 1. The van der Waals surface area contributed by atoms with E-state index >= 15 is 0 Å². The van der Waals surface area contributed by atoms with E-state index in [9.17, 15) is 0 Å². The number of fused-ring (bicyclic) bond motifs is 9. The average Bonchev–Trinajstić information content (AvgIpc) is 3.75. The van der Waals surface area contributed by atoms with Gasteiger partial charge in [-0.1, -0.05) is 115 Å². The summed E-state index contributed by atoms with van der Waals surface area (Å²) in [7, 11) is 0. The van der Waals surface area contributed by atoms with Gasteiger partial charge in [0.25, 0.3) is 0 Å². The topological polar surface area (TPSA) is 30.7 Å². The molecule has 3 heterocycles. The predicted octanol–water partition coefficient (Wildman–Crippen LogP) is 13.3. The highest BCUT2D eigenvalue weighted by Gasteiger charge is 2.22. The summed E-state index contributed by atoms with van der Waals surface area (Å²) in [5.41, 5.74) is 7.46. The summed E-state index contributed by atoms with van der Waals surface area (Å²) in [5.74, 6) is 0.718. The summed E-state index contributed by atoms with van der Waals surface area (Å²) in [4.78, 5) is 10.5. The van der Waals surface area contributed by atoms with Gasteiger partial charge < -0.3 is 4.57 Å². The standard InChI is InChI=1S/C48H27N3S/c1-2-14-32-28(11-1)27-41-46-44(32)35-17-4-3-15-33(35)36-19-10-21-40(45(36)46)51(41)31-13-9-12-30(25-31)48-49-39-20-7-5-18-37(39)47(50-48)29-23-24-43-38(26-29)34-16-6-8-22-42(34)52-43/h1-27H. The third kappa shape index (κ3) is 3.84. The molecule has 0 aliphatic rings. The lowest BCUT2D eigenvalue weighted by atomic mass is 9.91. The fourth-order valence-electron chi connectivity index (χ4n) is 8.68. The molecule has 240 valence electrons. The Kier molecular flexibility index (Phi) is 5.65. The minimum absolute atomic E-state index is 0.718. The number of benzene rings is 9. The fraction of sp³-hybridized carbons (Fsp3) is 0.